The highest BCUT2D eigenvalue weighted by molar-refractivity contribution is 7.80. The molecule has 1 saturated heterocycles. The Balaban J connectivity index is 2.68. The van der Waals surface area contributed by atoms with Crippen molar-refractivity contribution in [2.75, 3.05) is 19.7 Å². The lowest BCUT2D eigenvalue weighted by molar-refractivity contribution is -0.136. The van der Waals surface area contributed by atoms with Gasteiger partial charge < -0.3 is 15.7 Å². The van der Waals surface area contributed by atoms with E-state index in [0.717, 1.165) is 25.9 Å². The number of aliphatic hydroxyl groups is 1. The number of nitrogens with two attached hydrogens (primary N) is 1. The number of thiocarbonyl (C=S) groups is 1. The van der Waals surface area contributed by atoms with Crippen LogP contribution in [-0.2, 0) is 4.79 Å². The maximum Gasteiger partial charge on any atom is 0.235 e. The third-order valence-corrected chi connectivity index (χ3v) is 4.28. The smallest absolute Gasteiger partial charge is 0.235 e. The Morgan fingerprint density at radius 2 is 2.29 bits per heavy atom. The van der Waals surface area contributed by atoms with E-state index < -0.39 is 5.41 Å². The molecule has 98 valence electrons. The SMILES string of the molecule is CCC(C)(C(=O)N1CCC(CCO)C1)C(N)=S. The van der Waals surface area contributed by atoms with Gasteiger partial charge in [0.2, 0.25) is 5.91 Å². The molecule has 4 nitrogen and oxygen atoms in total. The average molecular weight is 258 g/mol. The summed E-state index contributed by atoms with van der Waals surface area (Å²) in [6.07, 6.45) is 2.35. The summed E-state index contributed by atoms with van der Waals surface area (Å²) in [4.78, 5) is 14.5. The van der Waals surface area contributed by atoms with E-state index in [1.807, 2.05) is 18.7 Å². The summed E-state index contributed by atoms with van der Waals surface area (Å²) in [6, 6.07) is 0. The maximum absolute atomic E-state index is 12.4. The predicted molar refractivity (Wildman–Crippen MR) is 71.6 cm³/mol. The van der Waals surface area contributed by atoms with Crippen molar-refractivity contribution < 1.29 is 9.90 Å². The highest BCUT2D eigenvalue weighted by Crippen LogP contribution is 2.29. The number of aliphatic hydroxyl groups excluding tert-OH is 1. The van der Waals surface area contributed by atoms with Gasteiger partial charge in [0, 0.05) is 19.7 Å². The number of carbonyl (C=O) groups is 1. The normalized spacial score (nSPS) is 23.5. The first-order valence-corrected chi connectivity index (χ1v) is 6.56. The van der Waals surface area contributed by atoms with Gasteiger partial charge in [0.15, 0.2) is 0 Å². The minimum absolute atomic E-state index is 0.0351. The Bertz CT molecular complexity index is 309. The predicted octanol–water partition coefficient (Wildman–Crippen LogP) is 0.920. The quantitative estimate of drug-likeness (QED) is 0.720. The number of rotatable bonds is 5. The molecule has 2 unspecified atom stereocenters. The first kappa shape index (κ1) is 14.4. The van der Waals surface area contributed by atoms with E-state index in [1.165, 1.54) is 0 Å². The maximum atomic E-state index is 12.4. The third kappa shape index (κ3) is 2.96. The monoisotopic (exact) mass is 258 g/mol. The number of likely N-dealkylation sites (tertiary alicyclic amines) is 1. The highest BCUT2D eigenvalue weighted by Gasteiger charge is 2.40. The molecule has 3 N–H and O–H groups in total. The molecule has 0 aliphatic carbocycles. The summed E-state index contributed by atoms with van der Waals surface area (Å²) < 4.78 is 0. The Morgan fingerprint density at radius 1 is 1.65 bits per heavy atom. The Kier molecular flexibility index (Phi) is 4.89. The van der Waals surface area contributed by atoms with Crippen LogP contribution in [0.4, 0.5) is 0 Å². The Hall–Kier alpha value is -0.680. The van der Waals surface area contributed by atoms with E-state index in [2.05, 4.69) is 0 Å². The van der Waals surface area contributed by atoms with E-state index in [4.69, 9.17) is 23.1 Å². The molecule has 0 aromatic carbocycles. The number of carbonyl (C=O) groups excluding carboxylic acids is 1. The van der Waals surface area contributed by atoms with Gasteiger partial charge in [0.25, 0.3) is 0 Å². The van der Waals surface area contributed by atoms with Crippen LogP contribution in [0.3, 0.4) is 0 Å². The van der Waals surface area contributed by atoms with Crippen molar-refractivity contribution in [2.24, 2.45) is 17.1 Å². The molecule has 1 fully saturated rings. The van der Waals surface area contributed by atoms with Gasteiger partial charge in [-0.2, -0.15) is 0 Å². The Labute approximate surface area is 108 Å². The minimum atomic E-state index is -0.719. The van der Waals surface area contributed by atoms with Gasteiger partial charge in [-0.3, -0.25) is 4.79 Å². The van der Waals surface area contributed by atoms with Crippen LogP contribution in [0.25, 0.3) is 0 Å². The molecule has 1 rings (SSSR count). The fourth-order valence-electron chi connectivity index (χ4n) is 2.22. The van der Waals surface area contributed by atoms with Gasteiger partial charge >= 0.3 is 0 Å². The van der Waals surface area contributed by atoms with E-state index in [1.54, 1.807) is 0 Å². The van der Waals surface area contributed by atoms with Crippen LogP contribution in [0.5, 0.6) is 0 Å². The zero-order valence-electron chi connectivity index (χ0n) is 10.6. The second-order valence-electron chi connectivity index (χ2n) is 4.97. The van der Waals surface area contributed by atoms with Crippen molar-refractivity contribution >= 4 is 23.1 Å². The van der Waals surface area contributed by atoms with E-state index in [-0.39, 0.29) is 17.5 Å². The van der Waals surface area contributed by atoms with Crippen molar-refractivity contribution in [1.29, 1.82) is 0 Å². The fourth-order valence-corrected chi connectivity index (χ4v) is 2.45. The molecule has 1 aliphatic heterocycles. The number of hydrogen-bond acceptors (Lipinski definition) is 3. The van der Waals surface area contributed by atoms with Crippen molar-refractivity contribution in [3.05, 3.63) is 0 Å². The molecule has 2 atom stereocenters. The van der Waals surface area contributed by atoms with Gasteiger partial charge in [-0.25, -0.2) is 0 Å². The van der Waals surface area contributed by atoms with Crippen LogP contribution in [0.15, 0.2) is 0 Å². The summed E-state index contributed by atoms with van der Waals surface area (Å²) in [6.45, 7) is 5.40. The molecule has 0 radical (unpaired) electrons. The van der Waals surface area contributed by atoms with E-state index >= 15 is 0 Å². The lowest BCUT2D eigenvalue weighted by atomic mass is 9.86. The van der Waals surface area contributed by atoms with Crippen LogP contribution >= 0.6 is 12.2 Å². The zero-order valence-corrected chi connectivity index (χ0v) is 11.4. The molecule has 5 heteroatoms. The van der Waals surface area contributed by atoms with Gasteiger partial charge in [-0.05, 0) is 32.1 Å². The molecule has 0 saturated carbocycles. The van der Waals surface area contributed by atoms with E-state index in [9.17, 15) is 4.79 Å². The summed E-state index contributed by atoms with van der Waals surface area (Å²) in [7, 11) is 0. The summed E-state index contributed by atoms with van der Waals surface area (Å²) in [5.74, 6) is 0.448. The zero-order chi connectivity index (χ0) is 13.1. The number of nitrogens with zero attached hydrogens (tertiary/aromatic N) is 1. The molecule has 0 spiro atoms. The molecule has 1 heterocycles. The summed E-state index contributed by atoms with van der Waals surface area (Å²) in [5.41, 5.74) is 4.97. The third-order valence-electron chi connectivity index (χ3n) is 3.83. The van der Waals surface area contributed by atoms with Gasteiger partial charge in [0.1, 0.15) is 0 Å². The first-order valence-electron chi connectivity index (χ1n) is 6.15. The molecule has 0 aromatic rings. The number of amides is 1. The molecule has 0 bridgehead atoms. The molecular formula is C12H22N2O2S. The van der Waals surface area contributed by atoms with Gasteiger partial charge in [-0.1, -0.05) is 19.1 Å². The van der Waals surface area contributed by atoms with Crippen LogP contribution in [-0.4, -0.2) is 40.6 Å². The average Bonchev–Trinajstić information content (AvgIpc) is 2.75. The molecule has 1 amide bonds. The summed E-state index contributed by atoms with van der Waals surface area (Å²) >= 11 is 5.01. The van der Waals surface area contributed by atoms with Crippen molar-refractivity contribution in [1.82, 2.24) is 4.90 Å². The van der Waals surface area contributed by atoms with Crippen molar-refractivity contribution in [3.8, 4) is 0 Å². The first-order chi connectivity index (χ1) is 7.95. The fraction of sp³-hybridized carbons (Fsp3) is 0.833. The molecular weight excluding hydrogens is 236 g/mol. The topological polar surface area (TPSA) is 66.6 Å². The lowest BCUT2D eigenvalue weighted by Gasteiger charge is -2.30. The van der Waals surface area contributed by atoms with Crippen LogP contribution in [0, 0.1) is 11.3 Å². The largest absolute Gasteiger partial charge is 0.396 e. The highest BCUT2D eigenvalue weighted by atomic mass is 32.1. The number of hydrogen-bond donors (Lipinski definition) is 2. The summed E-state index contributed by atoms with van der Waals surface area (Å²) in [5, 5.41) is 8.90. The lowest BCUT2D eigenvalue weighted by Crippen LogP contribution is -2.47. The standard InChI is InChI=1S/C12H22N2O2S/c1-3-12(2,10(13)17)11(16)14-6-4-9(8-14)5-7-15/h9,15H,3-8H2,1-2H3,(H2,13,17). The Morgan fingerprint density at radius 3 is 2.76 bits per heavy atom. The van der Waals surface area contributed by atoms with Gasteiger partial charge in [0.05, 0.1) is 10.4 Å². The van der Waals surface area contributed by atoms with E-state index in [0.29, 0.717) is 12.3 Å². The minimum Gasteiger partial charge on any atom is -0.396 e. The van der Waals surface area contributed by atoms with Crippen molar-refractivity contribution in [2.45, 2.75) is 33.1 Å². The molecule has 1 aliphatic rings. The molecule has 17 heavy (non-hydrogen) atoms. The van der Waals surface area contributed by atoms with Crippen molar-refractivity contribution in [3.63, 3.8) is 0 Å². The molecule has 0 aromatic heterocycles. The second-order valence-corrected chi connectivity index (χ2v) is 5.41. The van der Waals surface area contributed by atoms with Crippen LogP contribution < -0.4 is 5.73 Å². The van der Waals surface area contributed by atoms with Gasteiger partial charge in [-0.15, -0.1) is 0 Å². The second kappa shape index (κ2) is 5.78. The van der Waals surface area contributed by atoms with Crippen LogP contribution in [0.1, 0.15) is 33.1 Å². The van der Waals surface area contributed by atoms with Crippen LogP contribution in [0.2, 0.25) is 0 Å².